The first-order valence-electron chi connectivity index (χ1n) is 5.72. The van der Waals surface area contributed by atoms with Gasteiger partial charge in [0, 0.05) is 27.0 Å². The van der Waals surface area contributed by atoms with Crippen LogP contribution in [-0.2, 0) is 0 Å². The first-order chi connectivity index (χ1) is 9.16. The summed E-state index contributed by atoms with van der Waals surface area (Å²) in [7, 11) is 0. The van der Waals surface area contributed by atoms with Gasteiger partial charge in [-0.25, -0.2) is 4.39 Å². The number of hydrogen-bond donors (Lipinski definition) is 1. The Kier molecular flexibility index (Phi) is 5.43. The molecule has 0 amide bonds. The molecule has 0 aromatic heterocycles. The standard InChI is InChI=1S/C14H13ClFNS2/c15-11-6-5-10(17)9-14(11)19-8-7-18-13-4-2-1-3-12(13)16/h1-6,9H,7-8,17H2. The number of halogens is 2. The summed E-state index contributed by atoms with van der Waals surface area (Å²) in [5, 5.41) is 0.704. The number of hydrogen-bond acceptors (Lipinski definition) is 3. The van der Waals surface area contributed by atoms with Crippen LogP contribution in [0.1, 0.15) is 0 Å². The molecule has 0 spiro atoms. The number of thioether (sulfide) groups is 2. The minimum atomic E-state index is -0.167. The molecule has 1 nitrogen and oxygen atoms in total. The van der Waals surface area contributed by atoms with Crippen LogP contribution in [0.5, 0.6) is 0 Å². The highest BCUT2D eigenvalue weighted by Crippen LogP contribution is 2.30. The van der Waals surface area contributed by atoms with Crippen LogP contribution in [0.25, 0.3) is 0 Å². The molecular weight excluding hydrogens is 301 g/mol. The van der Waals surface area contributed by atoms with E-state index in [0.717, 1.165) is 16.4 Å². The largest absolute Gasteiger partial charge is 0.399 e. The van der Waals surface area contributed by atoms with Crippen molar-refractivity contribution in [2.75, 3.05) is 17.2 Å². The molecule has 0 unspecified atom stereocenters. The summed E-state index contributed by atoms with van der Waals surface area (Å²) in [6.07, 6.45) is 0. The van der Waals surface area contributed by atoms with Gasteiger partial charge in [0.1, 0.15) is 5.82 Å². The molecule has 0 saturated heterocycles. The number of nitrogens with two attached hydrogens (primary N) is 1. The third-order valence-electron chi connectivity index (χ3n) is 2.39. The van der Waals surface area contributed by atoms with E-state index >= 15 is 0 Å². The molecule has 100 valence electrons. The maximum Gasteiger partial charge on any atom is 0.136 e. The zero-order chi connectivity index (χ0) is 13.7. The molecule has 0 bridgehead atoms. The van der Waals surface area contributed by atoms with E-state index in [1.54, 1.807) is 36.0 Å². The van der Waals surface area contributed by atoms with Gasteiger partial charge in [-0.15, -0.1) is 23.5 Å². The van der Waals surface area contributed by atoms with Gasteiger partial charge >= 0.3 is 0 Å². The van der Waals surface area contributed by atoms with E-state index in [1.807, 2.05) is 12.1 Å². The Bertz CT molecular complexity index is 563. The predicted molar refractivity (Wildman–Crippen MR) is 83.7 cm³/mol. The van der Waals surface area contributed by atoms with Crippen molar-refractivity contribution in [2.45, 2.75) is 9.79 Å². The van der Waals surface area contributed by atoms with Crippen LogP contribution in [0.3, 0.4) is 0 Å². The Balaban J connectivity index is 1.84. The fourth-order valence-electron chi connectivity index (χ4n) is 1.50. The Morgan fingerprint density at radius 2 is 1.68 bits per heavy atom. The molecule has 2 rings (SSSR count). The lowest BCUT2D eigenvalue weighted by Crippen LogP contribution is -1.89. The van der Waals surface area contributed by atoms with Gasteiger partial charge in [-0.2, -0.15) is 0 Å². The SMILES string of the molecule is Nc1ccc(Cl)c(SCCSc2ccccc2F)c1. The minimum absolute atomic E-state index is 0.167. The predicted octanol–water partition coefficient (Wildman–Crippen LogP) is 4.95. The average molecular weight is 314 g/mol. The first-order valence-corrected chi connectivity index (χ1v) is 8.07. The Morgan fingerprint density at radius 3 is 2.42 bits per heavy atom. The molecule has 0 radical (unpaired) electrons. The molecule has 19 heavy (non-hydrogen) atoms. The van der Waals surface area contributed by atoms with E-state index in [4.69, 9.17) is 17.3 Å². The van der Waals surface area contributed by atoms with Crippen molar-refractivity contribution in [1.82, 2.24) is 0 Å². The highest BCUT2D eigenvalue weighted by atomic mass is 35.5. The summed E-state index contributed by atoms with van der Waals surface area (Å²) < 4.78 is 13.4. The van der Waals surface area contributed by atoms with Gasteiger partial charge in [-0.3, -0.25) is 0 Å². The molecule has 2 aromatic carbocycles. The summed E-state index contributed by atoms with van der Waals surface area (Å²) in [5.41, 5.74) is 6.42. The zero-order valence-electron chi connectivity index (χ0n) is 10.1. The summed E-state index contributed by atoms with van der Waals surface area (Å²) in [5.74, 6) is 1.50. The van der Waals surface area contributed by atoms with Crippen molar-refractivity contribution in [3.63, 3.8) is 0 Å². The van der Waals surface area contributed by atoms with Gasteiger partial charge in [0.15, 0.2) is 0 Å². The summed E-state index contributed by atoms with van der Waals surface area (Å²) in [4.78, 5) is 1.65. The lowest BCUT2D eigenvalue weighted by molar-refractivity contribution is 0.602. The summed E-state index contributed by atoms with van der Waals surface area (Å²) in [6, 6.07) is 12.2. The van der Waals surface area contributed by atoms with Crippen LogP contribution >= 0.6 is 35.1 Å². The molecule has 0 aliphatic heterocycles. The van der Waals surface area contributed by atoms with Gasteiger partial charge in [0.25, 0.3) is 0 Å². The fraction of sp³-hybridized carbons (Fsp3) is 0.143. The monoisotopic (exact) mass is 313 g/mol. The van der Waals surface area contributed by atoms with E-state index in [0.29, 0.717) is 15.6 Å². The molecule has 2 aromatic rings. The van der Waals surface area contributed by atoms with E-state index in [-0.39, 0.29) is 5.82 Å². The van der Waals surface area contributed by atoms with Crippen LogP contribution in [0.15, 0.2) is 52.3 Å². The van der Waals surface area contributed by atoms with E-state index in [2.05, 4.69) is 0 Å². The number of nitrogen functional groups attached to an aromatic ring is 1. The number of anilines is 1. The lowest BCUT2D eigenvalue weighted by atomic mass is 10.3. The van der Waals surface area contributed by atoms with Gasteiger partial charge < -0.3 is 5.73 Å². The molecule has 0 saturated carbocycles. The van der Waals surface area contributed by atoms with Crippen molar-refractivity contribution in [2.24, 2.45) is 0 Å². The Morgan fingerprint density at radius 1 is 1.00 bits per heavy atom. The molecule has 0 aliphatic rings. The Hall–Kier alpha value is -0.840. The second-order valence-electron chi connectivity index (χ2n) is 3.82. The van der Waals surface area contributed by atoms with Crippen molar-refractivity contribution < 1.29 is 4.39 Å². The van der Waals surface area contributed by atoms with Crippen LogP contribution in [-0.4, -0.2) is 11.5 Å². The highest BCUT2D eigenvalue weighted by Gasteiger charge is 2.04. The molecular formula is C14H13ClFNS2. The first kappa shape index (κ1) is 14.6. The third-order valence-corrected chi connectivity index (χ3v) is 5.20. The molecule has 0 heterocycles. The minimum Gasteiger partial charge on any atom is -0.399 e. The van der Waals surface area contributed by atoms with Gasteiger partial charge in [-0.1, -0.05) is 23.7 Å². The smallest absolute Gasteiger partial charge is 0.136 e. The van der Waals surface area contributed by atoms with Crippen molar-refractivity contribution >= 4 is 40.8 Å². The molecule has 0 fully saturated rings. The maximum absolute atomic E-state index is 13.4. The lowest BCUT2D eigenvalue weighted by Gasteiger charge is -2.06. The molecule has 5 heteroatoms. The van der Waals surface area contributed by atoms with Crippen LogP contribution in [0, 0.1) is 5.82 Å². The molecule has 2 N–H and O–H groups in total. The van der Waals surface area contributed by atoms with Gasteiger partial charge in [0.05, 0.1) is 5.02 Å². The molecule has 0 aliphatic carbocycles. The van der Waals surface area contributed by atoms with Crippen LogP contribution in [0.4, 0.5) is 10.1 Å². The highest BCUT2D eigenvalue weighted by molar-refractivity contribution is 8.03. The van der Waals surface area contributed by atoms with Crippen LogP contribution < -0.4 is 5.73 Å². The quantitative estimate of drug-likeness (QED) is 0.481. The zero-order valence-corrected chi connectivity index (χ0v) is 12.5. The topological polar surface area (TPSA) is 26.0 Å². The van der Waals surface area contributed by atoms with Crippen molar-refractivity contribution in [3.05, 3.63) is 53.3 Å². The fourth-order valence-corrected chi connectivity index (χ4v) is 3.69. The normalized spacial score (nSPS) is 10.6. The third kappa shape index (κ3) is 4.34. The second-order valence-corrected chi connectivity index (χ2v) is 6.50. The van der Waals surface area contributed by atoms with Gasteiger partial charge in [0.2, 0.25) is 0 Å². The number of benzene rings is 2. The van der Waals surface area contributed by atoms with E-state index < -0.39 is 0 Å². The average Bonchev–Trinajstić information content (AvgIpc) is 2.40. The van der Waals surface area contributed by atoms with Crippen molar-refractivity contribution in [1.29, 1.82) is 0 Å². The maximum atomic E-state index is 13.4. The van der Waals surface area contributed by atoms with E-state index in [1.165, 1.54) is 17.8 Å². The van der Waals surface area contributed by atoms with Crippen LogP contribution in [0.2, 0.25) is 5.02 Å². The summed E-state index contributed by atoms with van der Waals surface area (Å²) >= 11 is 9.21. The number of rotatable bonds is 5. The Labute approximate surface area is 125 Å². The van der Waals surface area contributed by atoms with E-state index in [9.17, 15) is 4.39 Å². The van der Waals surface area contributed by atoms with Crippen molar-refractivity contribution in [3.8, 4) is 0 Å². The molecule has 0 atom stereocenters. The van der Waals surface area contributed by atoms with Gasteiger partial charge in [-0.05, 0) is 30.3 Å². The second kappa shape index (κ2) is 7.08. The summed E-state index contributed by atoms with van der Waals surface area (Å²) in [6.45, 7) is 0.